The zero-order valence-electron chi connectivity index (χ0n) is 10.3. The molecule has 0 fully saturated rings. The smallest absolute Gasteiger partial charge is 0.161 e. The molecule has 0 aliphatic rings. The van der Waals surface area contributed by atoms with Gasteiger partial charge in [-0.05, 0) is 35.9 Å². The molecule has 18 heavy (non-hydrogen) atoms. The molecule has 1 heterocycles. The minimum atomic E-state index is 0.691. The van der Waals surface area contributed by atoms with E-state index in [1.54, 1.807) is 32.8 Å². The van der Waals surface area contributed by atoms with Crippen LogP contribution in [0.25, 0.3) is 0 Å². The number of aromatic nitrogens is 1. The van der Waals surface area contributed by atoms with Gasteiger partial charge in [-0.15, -0.1) is 0 Å². The lowest BCUT2D eigenvalue weighted by atomic mass is 10.2. The van der Waals surface area contributed by atoms with Gasteiger partial charge in [-0.3, -0.25) is 9.98 Å². The Morgan fingerprint density at radius 3 is 2.39 bits per heavy atom. The lowest BCUT2D eigenvalue weighted by Gasteiger charge is -2.07. The molecular formula is C14H14N2O2. The Morgan fingerprint density at radius 1 is 1.00 bits per heavy atom. The van der Waals surface area contributed by atoms with Gasteiger partial charge in [0.05, 0.1) is 19.9 Å². The Hall–Kier alpha value is -2.36. The van der Waals surface area contributed by atoms with Crippen LogP contribution in [0.3, 0.4) is 0 Å². The first kappa shape index (κ1) is 12.1. The van der Waals surface area contributed by atoms with Gasteiger partial charge in [-0.25, -0.2) is 0 Å². The van der Waals surface area contributed by atoms with Crippen LogP contribution in [0.4, 0.5) is 5.69 Å². The number of benzene rings is 1. The maximum atomic E-state index is 5.23. The first-order valence-corrected chi connectivity index (χ1v) is 5.49. The van der Waals surface area contributed by atoms with E-state index < -0.39 is 0 Å². The van der Waals surface area contributed by atoms with E-state index in [-0.39, 0.29) is 0 Å². The van der Waals surface area contributed by atoms with Gasteiger partial charge in [0, 0.05) is 18.6 Å². The Balaban J connectivity index is 2.22. The van der Waals surface area contributed by atoms with Crippen LogP contribution in [-0.2, 0) is 0 Å². The summed E-state index contributed by atoms with van der Waals surface area (Å²) in [6.07, 6.45) is 5.19. The highest BCUT2D eigenvalue weighted by Gasteiger charge is 2.02. The summed E-state index contributed by atoms with van der Waals surface area (Å²) in [5.41, 5.74) is 1.81. The van der Waals surface area contributed by atoms with E-state index in [2.05, 4.69) is 9.98 Å². The number of ether oxygens (including phenoxy) is 2. The van der Waals surface area contributed by atoms with Gasteiger partial charge < -0.3 is 9.47 Å². The summed E-state index contributed by atoms with van der Waals surface area (Å²) in [5.74, 6) is 1.40. The number of rotatable bonds is 4. The van der Waals surface area contributed by atoms with Crippen LogP contribution in [0, 0.1) is 0 Å². The van der Waals surface area contributed by atoms with Crippen molar-refractivity contribution in [1.29, 1.82) is 0 Å². The predicted octanol–water partition coefficient (Wildman–Crippen LogP) is 2.85. The summed E-state index contributed by atoms with van der Waals surface area (Å²) in [4.78, 5) is 8.29. The molecule has 1 aromatic heterocycles. The van der Waals surface area contributed by atoms with Gasteiger partial charge in [0.15, 0.2) is 11.5 Å². The summed E-state index contributed by atoms with van der Waals surface area (Å²) in [7, 11) is 3.23. The fourth-order valence-corrected chi connectivity index (χ4v) is 1.51. The van der Waals surface area contributed by atoms with Crippen molar-refractivity contribution in [2.75, 3.05) is 14.2 Å². The molecule has 92 valence electrons. The molecule has 0 saturated heterocycles. The highest BCUT2D eigenvalue weighted by molar-refractivity contribution is 5.83. The fourth-order valence-electron chi connectivity index (χ4n) is 1.51. The summed E-state index contributed by atoms with van der Waals surface area (Å²) in [6, 6.07) is 9.34. The van der Waals surface area contributed by atoms with E-state index in [4.69, 9.17) is 9.47 Å². The van der Waals surface area contributed by atoms with Crippen molar-refractivity contribution in [3.63, 3.8) is 0 Å². The SMILES string of the molecule is COc1ccc(C=Nc2ccncc2)cc1OC. The molecule has 0 atom stereocenters. The Kier molecular flexibility index (Phi) is 3.91. The molecule has 0 saturated carbocycles. The van der Waals surface area contributed by atoms with Gasteiger partial charge in [0.1, 0.15) is 0 Å². The fraction of sp³-hybridized carbons (Fsp3) is 0.143. The van der Waals surface area contributed by atoms with Crippen molar-refractivity contribution < 1.29 is 9.47 Å². The molecule has 0 spiro atoms. The number of aliphatic imine (C=N–C) groups is 1. The third-order valence-electron chi connectivity index (χ3n) is 2.43. The van der Waals surface area contributed by atoms with E-state index >= 15 is 0 Å². The van der Waals surface area contributed by atoms with Crippen molar-refractivity contribution in [3.05, 3.63) is 48.3 Å². The summed E-state index contributed by atoms with van der Waals surface area (Å²) in [5, 5.41) is 0. The molecule has 4 heteroatoms. The second kappa shape index (κ2) is 5.82. The lowest BCUT2D eigenvalue weighted by Crippen LogP contribution is -1.91. The van der Waals surface area contributed by atoms with Crippen molar-refractivity contribution in [2.24, 2.45) is 4.99 Å². The number of pyridine rings is 1. The van der Waals surface area contributed by atoms with Crippen LogP contribution >= 0.6 is 0 Å². The van der Waals surface area contributed by atoms with Crippen LogP contribution in [-0.4, -0.2) is 25.4 Å². The Morgan fingerprint density at radius 2 is 1.72 bits per heavy atom. The van der Waals surface area contributed by atoms with Crippen LogP contribution in [0.5, 0.6) is 11.5 Å². The van der Waals surface area contributed by atoms with E-state index in [1.165, 1.54) is 0 Å². The minimum absolute atomic E-state index is 0.691. The molecule has 0 unspecified atom stereocenters. The largest absolute Gasteiger partial charge is 0.493 e. The molecule has 0 amide bonds. The highest BCUT2D eigenvalue weighted by atomic mass is 16.5. The van der Waals surface area contributed by atoms with Crippen LogP contribution < -0.4 is 9.47 Å². The summed E-state index contributed by atoms with van der Waals surface area (Å²) < 4.78 is 10.4. The maximum Gasteiger partial charge on any atom is 0.161 e. The summed E-state index contributed by atoms with van der Waals surface area (Å²) >= 11 is 0. The monoisotopic (exact) mass is 242 g/mol. The van der Waals surface area contributed by atoms with Gasteiger partial charge in [0.25, 0.3) is 0 Å². The van der Waals surface area contributed by atoms with Crippen LogP contribution in [0.1, 0.15) is 5.56 Å². The predicted molar refractivity (Wildman–Crippen MR) is 71.0 cm³/mol. The number of hydrogen-bond donors (Lipinski definition) is 0. The molecular weight excluding hydrogens is 228 g/mol. The van der Waals surface area contributed by atoms with Crippen molar-refractivity contribution >= 4 is 11.9 Å². The van der Waals surface area contributed by atoms with Crippen molar-refractivity contribution in [2.45, 2.75) is 0 Å². The van der Waals surface area contributed by atoms with Gasteiger partial charge in [0.2, 0.25) is 0 Å². The molecule has 4 nitrogen and oxygen atoms in total. The van der Waals surface area contributed by atoms with E-state index in [0.717, 1.165) is 11.3 Å². The molecule has 0 bridgehead atoms. The Bertz CT molecular complexity index is 539. The molecule has 0 aliphatic heterocycles. The number of methoxy groups -OCH3 is 2. The second-order valence-electron chi connectivity index (χ2n) is 3.58. The summed E-state index contributed by atoms with van der Waals surface area (Å²) in [6.45, 7) is 0. The van der Waals surface area contributed by atoms with E-state index in [0.29, 0.717) is 11.5 Å². The van der Waals surface area contributed by atoms with Crippen molar-refractivity contribution in [3.8, 4) is 11.5 Å². The standard InChI is InChI=1S/C14H14N2O2/c1-17-13-4-3-11(9-14(13)18-2)10-16-12-5-7-15-8-6-12/h3-10H,1-2H3. The zero-order chi connectivity index (χ0) is 12.8. The van der Waals surface area contributed by atoms with E-state index in [1.807, 2.05) is 30.3 Å². The van der Waals surface area contributed by atoms with Crippen LogP contribution in [0.15, 0.2) is 47.7 Å². The average molecular weight is 242 g/mol. The first-order valence-electron chi connectivity index (χ1n) is 5.49. The second-order valence-corrected chi connectivity index (χ2v) is 3.58. The van der Waals surface area contributed by atoms with Crippen molar-refractivity contribution in [1.82, 2.24) is 4.98 Å². The first-order chi connectivity index (χ1) is 8.83. The number of hydrogen-bond acceptors (Lipinski definition) is 4. The lowest BCUT2D eigenvalue weighted by molar-refractivity contribution is 0.355. The topological polar surface area (TPSA) is 43.7 Å². The quantitative estimate of drug-likeness (QED) is 0.774. The molecule has 1 aromatic carbocycles. The average Bonchev–Trinajstić information content (AvgIpc) is 2.45. The molecule has 0 aliphatic carbocycles. The zero-order valence-corrected chi connectivity index (χ0v) is 10.3. The van der Waals surface area contributed by atoms with Gasteiger partial charge >= 0.3 is 0 Å². The minimum Gasteiger partial charge on any atom is -0.493 e. The van der Waals surface area contributed by atoms with Gasteiger partial charge in [-0.1, -0.05) is 0 Å². The normalized spacial score (nSPS) is 10.6. The Labute approximate surface area is 106 Å². The van der Waals surface area contributed by atoms with E-state index in [9.17, 15) is 0 Å². The molecule has 2 aromatic rings. The highest BCUT2D eigenvalue weighted by Crippen LogP contribution is 2.27. The number of nitrogens with zero attached hydrogens (tertiary/aromatic N) is 2. The van der Waals surface area contributed by atoms with Crippen LogP contribution in [0.2, 0.25) is 0 Å². The molecule has 0 N–H and O–H groups in total. The third-order valence-corrected chi connectivity index (χ3v) is 2.43. The molecule has 2 rings (SSSR count). The third kappa shape index (κ3) is 2.85. The maximum absolute atomic E-state index is 5.23. The van der Waals surface area contributed by atoms with Gasteiger partial charge in [-0.2, -0.15) is 0 Å². The molecule has 0 radical (unpaired) electrons.